The number of carbonyl (C=O) groups excluding carboxylic acids is 1. The van der Waals surface area contributed by atoms with Crippen LogP contribution in [0.5, 0.6) is 0 Å². The van der Waals surface area contributed by atoms with Crippen LogP contribution in [-0.2, 0) is 4.79 Å². The first-order valence-electron chi connectivity index (χ1n) is 6.45. The Labute approximate surface area is 117 Å². The molecule has 0 aliphatic carbocycles. The Balaban J connectivity index is 2.07. The molecule has 5 heteroatoms. The number of nitrogens with one attached hydrogen (secondary N) is 2. The summed E-state index contributed by atoms with van der Waals surface area (Å²) >= 11 is 1.72. The van der Waals surface area contributed by atoms with Gasteiger partial charge >= 0.3 is 0 Å². The molecule has 0 saturated carbocycles. The van der Waals surface area contributed by atoms with E-state index in [9.17, 15) is 9.18 Å². The molecule has 0 spiro atoms. The monoisotopic (exact) mass is 282 g/mol. The topological polar surface area (TPSA) is 41.1 Å². The lowest BCUT2D eigenvalue weighted by Gasteiger charge is -2.24. The Morgan fingerprint density at radius 3 is 2.63 bits per heavy atom. The standard InChI is InChI=1S/C14H19FN2OS/c1-9(2)13(10-3-5-11(15)6-4-10)17-14(18)12-7-19-8-16-12/h3-6,9,12-13,16H,7-8H2,1-2H3,(H,17,18). The number of hydrogen-bond donors (Lipinski definition) is 2. The van der Waals surface area contributed by atoms with Crippen LogP contribution < -0.4 is 10.6 Å². The summed E-state index contributed by atoms with van der Waals surface area (Å²) in [7, 11) is 0. The third-order valence-corrected chi connectivity index (χ3v) is 4.17. The fraction of sp³-hybridized carbons (Fsp3) is 0.500. The molecule has 3 nitrogen and oxygen atoms in total. The minimum atomic E-state index is -0.258. The molecule has 19 heavy (non-hydrogen) atoms. The zero-order valence-electron chi connectivity index (χ0n) is 11.2. The average molecular weight is 282 g/mol. The van der Waals surface area contributed by atoms with Gasteiger partial charge in [0.2, 0.25) is 5.91 Å². The third-order valence-electron chi connectivity index (χ3n) is 3.23. The first-order valence-corrected chi connectivity index (χ1v) is 7.60. The molecular weight excluding hydrogens is 263 g/mol. The van der Waals surface area contributed by atoms with E-state index < -0.39 is 0 Å². The second kappa shape index (κ2) is 6.39. The van der Waals surface area contributed by atoms with Gasteiger partial charge in [-0.3, -0.25) is 10.1 Å². The summed E-state index contributed by atoms with van der Waals surface area (Å²) in [5.74, 6) is 1.64. The summed E-state index contributed by atoms with van der Waals surface area (Å²) in [5.41, 5.74) is 0.940. The highest BCUT2D eigenvalue weighted by molar-refractivity contribution is 7.99. The van der Waals surface area contributed by atoms with Gasteiger partial charge in [0.25, 0.3) is 0 Å². The number of thioether (sulfide) groups is 1. The van der Waals surface area contributed by atoms with E-state index in [-0.39, 0.29) is 29.7 Å². The maximum Gasteiger partial charge on any atom is 0.238 e. The van der Waals surface area contributed by atoms with Gasteiger partial charge in [-0.2, -0.15) is 0 Å². The Morgan fingerprint density at radius 2 is 2.11 bits per heavy atom. The van der Waals surface area contributed by atoms with Crippen LogP contribution in [0.25, 0.3) is 0 Å². The molecule has 1 heterocycles. The number of halogens is 1. The van der Waals surface area contributed by atoms with E-state index in [1.54, 1.807) is 23.9 Å². The summed E-state index contributed by atoms with van der Waals surface area (Å²) in [6.45, 7) is 4.09. The third kappa shape index (κ3) is 3.70. The predicted molar refractivity (Wildman–Crippen MR) is 76.4 cm³/mol. The van der Waals surface area contributed by atoms with Crippen LogP contribution in [0.2, 0.25) is 0 Å². The maximum absolute atomic E-state index is 13.0. The molecule has 1 aromatic rings. The van der Waals surface area contributed by atoms with Crippen LogP contribution in [0.1, 0.15) is 25.5 Å². The molecular formula is C14H19FN2OS. The van der Waals surface area contributed by atoms with E-state index in [0.717, 1.165) is 17.2 Å². The Morgan fingerprint density at radius 1 is 1.42 bits per heavy atom. The van der Waals surface area contributed by atoms with Crippen molar-refractivity contribution >= 4 is 17.7 Å². The predicted octanol–water partition coefficient (Wildman–Crippen LogP) is 2.30. The second-order valence-electron chi connectivity index (χ2n) is 5.05. The van der Waals surface area contributed by atoms with Gasteiger partial charge in [-0.05, 0) is 23.6 Å². The molecule has 1 aliphatic heterocycles. The van der Waals surface area contributed by atoms with Crippen molar-refractivity contribution < 1.29 is 9.18 Å². The van der Waals surface area contributed by atoms with Crippen LogP contribution >= 0.6 is 11.8 Å². The lowest BCUT2D eigenvalue weighted by atomic mass is 9.95. The van der Waals surface area contributed by atoms with Gasteiger partial charge in [-0.25, -0.2) is 4.39 Å². The van der Waals surface area contributed by atoms with Crippen molar-refractivity contribution in [2.24, 2.45) is 5.92 Å². The number of rotatable bonds is 4. The highest BCUT2D eigenvalue weighted by Crippen LogP contribution is 2.22. The first-order chi connectivity index (χ1) is 9.08. The van der Waals surface area contributed by atoms with Crippen molar-refractivity contribution in [2.45, 2.75) is 25.9 Å². The summed E-state index contributed by atoms with van der Waals surface area (Å²) in [6.07, 6.45) is 0. The zero-order valence-corrected chi connectivity index (χ0v) is 12.0. The molecule has 1 amide bonds. The first kappa shape index (κ1) is 14.3. The van der Waals surface area contributed by atoms with Gasteiger partial charge in [0, 0.05) is 11.6 Å². The molecule has 2 rings (SSSR count). The smallest absolute Gasteiger partial charge is 0.238 e. The van der Waals surface area contributed by atoms with Gasteiger partial charge in [0.15, 0.2) is 0 Å². The van der Waals surface area contributed by atoms with Crippen molar-refractivity contribution in [3.05, 3.63) is 35.6 Å². The Kier molecular flexibility index (Phi) is 4.82. The van der Waals surface area contributed by atoms with Crippen molar-refractivity contribution in [2.75, 3.05) is 11.6 Å². The minimum Gasteiger partial charge on any atom is -0.348 e. The quantitative estimate of drug-likeness (QED) is 0.890. The fourth-order valence-electron chi connectivity index (χ4n) is 2.12. The molecule has 1 aromatic carbocycles. The van der Waals surface area contributed by atoms with Crippen LogP contribution in [-0.4, -0.2) is 23.6 Å². The van der Waals surface area contributed by atoms with Gasteiger partial charge < -0.3 is 5.32 Å². The highest BCUT2D eigenvalue weighted by atomic mass is 32.2. The summed E-state index contributed by atoms with van der Waals surface area (Å²) in [6, 6.07) is 6.13. The van der Waals surface area contributed by atoms with E-state index in [1.807, 2.05) is 13.8 Å². The SMILES string of the molecule is CC(C)C(NC(=O)C1CSCN1)c1ccc(F)cc1. The number of hydrogen-bond acceptors (Lipinski definition) is 3. The molecule has 104 valence electrons. The van der Waals surface area contributed by atoms with Crippen LogP contribution in [0.15, 0.2) is 24.3 Å². The fourth-order valence-corrected chi connectivity index (χ4v) is 3.06. The van der Waals surface area contributed by atoms with Crippen LogP contribution in [0.3, 0.4) is 0 Å². The lowest BCUT2D eigenvalue weighted by molar-refractivity contribution is -0.123. The molecule has 2 N–H and O–H groups in total. The van der Waals surface area contributed by atoms with E-state index in [4.69, 9.17) is 0 Å². The van der Waals surface area contributed by atoms with Crippen molar-refractivity contribution in [1.29, 1.82) is 0 Å². The molecule has 2 unspecified atom stereocenters. The van der Waals surface area contributed by atoms with E-state index in [2.05, 4.69) is 10.6 Å². The number of benzene rings is 1. The summed E-state index contributed by atoms with van der Waals surface area (Å²) in [4.78, 5) is 12.1. The lowest BCUT2D eigenvalue weighted by Crippen LogP contribution is -2.44. The normalized spacial score (nSPS) is 20.5. The largest absolute Gasteiger partial charge is 0.348 e. The minimum absolute atomic E-state index is 0.0213. The van der Waals surface area contributed by atoms with E-state index in [0.29, 0.717) is 0 Å². The molecule has 2 atom stereocenters. The average Bonchev–Trinajstić information content (AvgIpc) is 2.90. The van der Waals surface area contributed by atoms with Gasteiger partial charge in [-0.1, -0.05) is 26.0 Å². The second-order valence-corrected chi connectivity index (χ2v) is 6.08. The van der Waals surface area contributed by atoms with Crippen molar-refractivity contribution in [3.63, 3.8) is 0 Å². The van der Waals surface area contributed by atoms with Crippen LogP contribution in [0, 0.1) is 11.7 Å². The maximum atomic E-state index is 13.0. The van der Waals surface area contributed by atoms with Crippen LogP contribution in [0.4, 0.5) is 4.39 Å². The zero-order chi connectivity index (χ0) is 13.8. The molecule has 0 radical (unpaired) electrons. The van der Waals surface area contributed by atoms with Crippen molar-refractivity contribution in [3.8, 4) is 0 Å². The summed E-state index contributed by atoms with van der Waals surface area (Å²) in [5, 5.41) is 6.21. The Bertz CT molecular complexity index is 430. The Hall–Kier alpha value is -1.07. The molecule has 0 aromatic heterocycles. The molecule has 0 bridgehead atoms. The molecule has 1 fully saturated rings. The van der Waals surface area contributed by atoms with Gasteiger partial charge in [0.05, 0.1) is 12.1 Å². The van der Waals surface area contributed by atoms with E-state index in [1.165, 1.54) is 12.1 Å². The molecule has 1 saturated heterocycles. The number of carbonyl (C=O) groups is 1. The number of amides is 1. The molecule has 1 aliphatic rings. The summed E-state index contributed by atoms with van der Waals surface area (Å²) < 4.78 is 13.0. The van der Waals surface area contributed by atoms with E-state index >= 15 is 0 Å². The van der Waals surface area contributed by atoms with Gasteiger partial charge in [-0.15, -0.1) is 11.8 Å². The van der Waals surface area contributed by atoms with Crippen molar-refractivity contribution in [1.82, 2.24) is 10.6 Å². The van der Waals surface area contributed by atoms with Gasteiger partial charge in [0.1, 0.15) is 5.82 Å². The highest BCUT2D eigenvalue weighted by Gasteiger charge is 2.26.